The average molecular weight is 378 g/mol. The molecule has 0 spiro atoms. The molecular formula is C21H26N6O. The third kappa shape index (κ3) is 3.93. The molecule has 0 saturated carbocycles. The zero-order valence-electron chi connectivity index (χ0n) is 16.4. The number of fused-ring (bicyclic) bond motifs is 1. The van der Waals surface area contributed by atoms with Gasteiger partial charge in [-0.3, -0.25) is 4.79 Å². The van der Waals surface area contributed by atoms with Gasteiger partial charge in [0.05, 0.1) is 29.9 Å². The number of carbonyl (C=O) groups is 1. The van der Waals surface area contributed by atoms with Crippen LogP contribution < -0.4 is 10.2 Å². The van der Waals surface area contributed by atoms with Crippen LogP contribution in [0.2, 0.25) is 0 Å². The van der Waals surface area contributed by atoms with E-state index in [0.717, 1.165) is 54.9 Å². The van der Waals surface area contributed by atoms with Gasteiger partial charge in [0.2, 0.25) is 0 Å². The summed E-state index contributed by atoms with van der Waals surface area (Å²) in [5, 5.41) is 3.58. The topological polar surface area (TPSA) is 65.8 Å². The number of carbonyl (C=O) groups excluding carboxylic acids is 1. The lowest BCUT2D eigenvalue weighted by molar-refractivity contribution is 0.0761. The highest BCUT2D eigenvalue weighted by Crippen LogP contribution is 2.20. The molecule has 3 aromatic rings. The highest BCUT2D eigenvalue weighted by atomic mass is 16.2. The first-order chi connectivity index (χ1) is 13.6. The Morgan fingerprint density at radius 3 is 2.86 bits per heavy atom. The van der Waals surface area contributed by atoms with E-state index in [1.807, 2.05) is 58.9 Å². The molecule has 1 atom stereocenters. The molecule has 0 unspecified atom stereocenters. The van der Waals surface area contributed by atoms with E-state index in [0.29, 0.717) is 6.04 Å². The standard InChI is InChI=1S/C21H26N6O/c1-25(2)20-6-5-18(13-23-20)24-17-4-3-9-26(11-8-17)21(28)16-7-10-27-15-22-14-19(27)12-16/h5-7,10,12-15,17,24H,3-4,8-9,11H2,1-2H3/t17-/m1/s1. The fourth-order valence-electron chi connectivity index (χ4n) is 3.65. The molecule has 0 bridgehead atoms. The summed E-state index contributed by atoms with van der Waals surface area (Å²) in [6.07, 6.45) is 10.2. The average Bonchev–Trinajstić information content (AvgIpc) is 3.06. The van der Waals surface area contributed by atoms with E-state index in [4.69, 9.17) is 0 Å². The number of anilines is 2. The molecule has 0 aromatic carbocycles. The van der Waals surface area contributed by atoms with Gasteiger partial charge in [-0.05, 0) is 43.5 Å². The molecule has 7 nitrogen and oxygen atoms in total. The van der Waals surface area contributed by atoms with Crippen molar-refractivity contribution >= 4 is 22.9 Å². The number of hydrogen-bond acceptors (Lipinski definition) is 5. The monoisotopic (exact) mass is 378 g/mol. The van der Waals surface area contributed by atoms with Crippen molar-refractivity contribution in [2.45, 2.75) is 25.3 Å². The summed E-state index contributed by atoms with van der Waals surface area (Å²) in [5.74, 6) is 1.04. The fourth-order valence-corrected chi connectivity index (χ4v) is 3.65. The van der Waals surface area contributed by atoms with Crippen molar-refractivity contribution in [2.75, 3.05) is 37.4 Å². The van der Waals surface area contributed by atoms with Gasteiger partial charge in [-0.15, -0.1) is 0 Å². The Kier molecular flexibility index (Phi) is 5.14. The number of amides is 1. The summed E-state index contributed by atoms with van der Waals surface area (Å²) < 4.78 is 1.91. The van der Waals surface area contributed by atoms with Gasteiger partial charge in [0, 0.05) is 45.0 Å². The Balaban J connectivity index is 1.38. The fraction of sp³-hybridized carbons (Fsp3) is 0.381. The number of hydrogen-bond donors (Lipinski definition) is 1. The largest absolute Gasteiger partial charge is 0.381 e. The third-order valence-electron chi connectivity index (χ3n) is 5.25. The molecule has 4 heterocycles. The second-order valence-electron chi connectivity index (χ2n) is 7.51. The van der Waals surface area contributed by atoms with Gasteiger partial charge in [-0.25, -0.2) is 9.97 Å². The van der Waals surface area contributed by atoms with Crippen LogP contribution in [0.4, 0.5) is 11.5 Å². The molecule has 4 rings (SSSR count). The van der Waals surface area contributed by atoms with E-state index in [2.05, 4.69) is 21.4 Å². The Morgan fingerprint density at radius 2 is 2.07 bits per heavy atom. The molecule has 1 aliphatic rings. The van der Waals surface area contributed by atoms with Crippen LogP contribution in [0.3, 0.4) is 0 Å². The first-order valence-corrected chi connectivity index (χ1v) is 9.71. The van der Waals surface area contributed by atoms with Gasteiger partial charge in [-0.2, -0.15) is 0 Å². The molecule has 7 heteroatoms. The lowest BCUT2D eigenvalue weighted by atomic mass is 10.1. The minimum atomic E-state index is 0.0985. The first-order valence-electron chi connectivity index (χ1n) is 9.71. The zero-order chi connectivity index (χ0) is 19.5. The smallest absolute Gasteiger partial charge is 0.253 e. The summed E-state index contributed by atoms with van der Waals surface area (Å²) in [5.41, 5.74) is 2.69. The van der Waals surface area contributed by atoms with E-state index in [1.54, 1.807) is 12.5 Å². The maximum absolute atomic E-state index is 12.9. The van der Waals surface area contributed by atoms with Crippen molar-refractivity contribution in [2.24, 2.45) is 0 Å². The van der Waals surface area contributed by atoms with E-state index in [9.17, 15) is 4.79 Å². The van der Waals surface area contributed by atoms with Crippen molar-refractivity contribution in [1.29, 1.82) is 0 Å². The van der Waals surface area contributed by atoms with E-state index >= 15 is 0 Å². The van der Waals surface area contributed by atoms with Gasteiger partial charge in [0.1, 0.15) is 5.82 Å². The summed E-state index contributed by atoms with van der Waals surface area (Å²) in [6, 6.07) is 8.21. The molecule has 1 aliphatic heterocycles. The molecule has 1 amide bonds. The predicted octanol–water partition coefficient (Wildman–Crippen LogP) is 2.90. The Bertz CT molecular complexity index is 949. The number of rotatable bonds is 4. The van der Waals surface area contributed by atoms with Gasteiger partial charge >= 0.3 is 0 Å². The predicted molar refractivity (Wildman–Crippen MR) is 111 cm³/mol. The summed E-state index contributed by atoms with van der Waals surface area (Å²) in [7, 11) is 3.97. The second-order valence-corrected chi connectivity index (χ2v) is 7.51. The van der Waals surface area contributed by atoms with Crippen LogP contribution in [0.5, 0.6) is 0 Å². The Morgan fingerprint density at radius 1 is 1.18 bits per heavy atom. The number of imidazole rings is 1. The van der Waals surface area contributed by atoms with Crippen molar-refractivity contribution in [3.63, 3.8) is 0 Å². The van der Waals surface area contributed by atoms with Crippen LogP contribution in [0.1, 0.15) is 29.6 Å². The van der Waals surface area contributed by atoms with Crippen molar-refractivity contribution < 1.29 is 4.79 Å². The Hall–Kier alpha value is -3.09. The Labute approximate surface area is 165 Å². The SMILES string of the molecule is CN(C)c1ccc(N[C@@H]2CCCN(C(=O)c3ccn4cncc4c3)CC2)cn1. The van der Waals surface area contributed by atoms with Crippen LogP contribution in [0, 0.1) is 0 Å². The first kappa shape index (κ1) is 18.3. The van der Waals surface area contributed by atoms with Gasteiger partial charge in [-0.1, -0.05) is 0 Å². The van der Waals surface area contributed by atoms with Crippen LogP contribution in [-0.2, 0) is 0 Å². The highest BCUT2D eigenvalue weighted by molar-refractivity contribution is 5.95. The van der Waals surface area contributed by atoms with Crippen LogP contribution in [-0.4, -0.2) is 58.4 Å². The van der Waals surface area contributed by atoms with Gasteiger partial charge < -0.3 is 19.5 Å². The number of nitrogens with one attached hydrogen (secondary N) is 1. The molecule has 1 N–H and O–H groups in total. The zero-order valence-corrected chi connectivity index (χ0v) is 16.4. The lowest BCUT2D eigenvalue weighted by Gasteiger charge is -2.21. The molecular weight excluding hydrogens is 352 g/mol. The summed E-state index contributed by atoms with van der Waals surface area (Å²) >= 11 is 0. The van der Waals surface area contributed by atoms with Crippen LogP contribution in [0.15, 0.2) is 49.2 Å². The molecule has 0 radical (unpaired) electrons. The van der Waals surface area contributed by atoms with Gasteiger partial charge in [0.15, 0.2) is 0 Å². The quantitative estimate of drug-likeness (QED) is 0.756. The molecule has 1 saturated heterocycles. The van der Waals surface area contributed by atoms with E-state index in [-0.39, 0.29) is 5.91 Å². The minimum absolute atomic E-state index is 0.0985. The van der Waals surface area contributed by atoms with E-state index < -0.39 is 0 Å². The van der Waals surface area contributed by atoms with Crippen LogP contribution in [0.25, 0.3) is 5.52 Å². The van der Waals surface area contributed by atoms with Gasteiger partial charge in [0.25, 0.3) is 5.91 Å². The van der Waals surface area contributed by atoms with E-state index in [1.165, 1.54) is 0 Å². The minimum Gasteiger partial charge on any atom is -0.381 e. The van der Waals surface area contributed by atoms with Crippen molar-refractivity contribution in [3.05, 3.63) is 54.7 Å². The lowest BCUT2D eigenvalue weighted by Crippen LogP contribution is -2.32. The molecule has 0 aliphatic carbocycles. The maximum atomic E-state index is 12.9. The number of aromatic nitrogens is 3. The summed E-state index contributed by atoms with van der Waals surface area (Å²) in [4.78, 5) is 25.5. The normalized spacial score (nSPS) is 17.4. The number of pyridine rings is 2. The van der Waals surface area contributed by atoms with Crippen molar-refractivity contribution in [3.8, 4) is 0 Å². The number of likely N-dealkylation sites (tertiary alicyclic amines) is 1. The molecule has 1 fully saturated rings. The molecule has 28 heavy (non-hydrogen) atoms. The maximum Gasteiger partial charge on any atom is 0.253 e. The molecule has 146 valence electrons. The number of nitrogens with zero attached hydrogens (tertiary/aromatic N) is 5. The van der Waals surface area contributed by atoms with Crippen molar-refractivity contribution in [1.82, 2.24) is 19.3 Å². The highest BCUT2D eigenvalue weighted by Gasteiger charge is 2.22. The molecule has 3 aromatic heterocycles. The second kappa shape index (κ2) is 7.88. The third-order valence-corrected chi connectivity index (χ3v) is 5.25. The summed E-state index contributed by atoms with van der Waals surface area (Å²) in [6.45, 7) is 1.55. The van der Waals surface area contributed by atoms with Crippen LogP contribution >= 0.6 is 0 Å².